The number of hydrogen-bond donors (Lipinski definition) is 2. The maximum absolute atomic E-state index is 13.1. The van der Waals surface area contributed by atoms with E-state index >= 15 is 0 Å². The predicted octanol–water partition coefficient (Wildman–Crippen LogP) is 3.51. The molecule has 0 heterocycles. The second-order valence-corrected chi connectivity index (χ2v) is 7.26. The maximum Gasteiger partial charge on any atom is 0.416 e. The minimum atomic E-state index is -4.36. The molecule has 0 saturated heterocycles. The molecule has 0 radical (unpaired) electrons. The lowest BCUT2D eigenvalue weighted by Gasteiger charge is -2.38. The Bertz CT molecular complexity index is 617. The molecule has 1 aromatic carbocycles. The SMILES string of the molecule is NC1(C(=O)NCC2(c3cccc(C(F)(F)F)c3)CCCCC2)CC1. The van der Waals surface area contributed by atoms with Crippen LogP contribution in [0.2, 0.25) is 0 Å². The van der Waals surface area contributed by atoms with Crippen LogP contribution in [0.4, 0.5) is 13.2 Å². The monoisotopic (exact) mass is 340 g/mol. The van der Waals surface area contributed by atoms with E-state index in [0.717, 1.165) is 38.2 Å². The fourth-order valence-corrected chi connectivity index (χ4v) is 3.61. The van der Waals surface area contributed by atoms with Crippen molar-refractivity contribution in [2.45, 2.75) is 62.1 Å². The van der Waals surface area contributed by atoms with Gasteiger partial charge in [0.05, 0.1) is 11.1 Å². The van der Waals surface area contributed by atoms with Gasteiger partial charge in [-0.05, 0) is 37.3 Å². The molecule has 2 fully saturated rings. The zero-order valence-electron chi connectivity index (χ0n) is 13.6. The van der Waals surface area contributed by atoms with Crippen molar-refractivity contribution in [1.82, 2.24) is 5.32 Å². The van der Waals surface area contributed by atoms with Crippen molar-refractivity contribution >= 4 is 5.91 Å². The van der Waals surface area contributed by atoms with E-state index in [-0.39, 0.29) is 5.91 Å². The highest BCUT2D eigenvalue weighted by Crippen LogP contribution is 2.41. The predicted molar refractivity (Wildman–Crippen MR) is 85.4 cm³/mol. The number of rotatable bonds is 4. The van der Waals surface area contributed by atoms with Crippen LogP contribution in [0.15, 0.2) is 24.3 Å². The molecular weight excluding hydrogens is 317 g/mol. The number of nitrogens with one attached hydrogen (secondary N) is 1. The first-order valence-electron chi connectivity index (χ1n) is 8.50. The van der Waals surface area contributed by atoms with Crippen LogP contribution in [-0.4, -0.2) is 18.0 Å². The normalized spacial score (nSPS) is 22.0. The molecule has 0 aliphatic heterocycles. The lowest BCUT2D eigenvalue weighted by molar-refractivity contribution is -0.137. The van der Waals surface area contributed by atoms with E-state index in [4.69, 9.17) is 5.73 Å². The quantitative estimate of drug-likeness (QED) is 0.881. The Hall–Kier alpha value is -1.56. The van der Waals surface area contributed by atoms with Gasteiger partial charge in [0.15, 0.2) is 0 Å². The molecule has 1 aromatic rings. The molecule has 3 nitrogen and oxygen atoms in total. The third-order valence-corrected chi connectivity index (χ3v) is 5.44. The topological polar surface area (TPSA) is 55.1 Å². The zero-order chi connectivity index (χ0) is 17.4. The summed E-state index contributed by atoms with van der Waals surface area (Å²) in [6.07, 6.45) is 1.56. The molecule has 3 rings (SSSR count). The standard InChI is InChI=1S/C18H23F3N2O/c19-18(20,21)14-6-4-5-13(11-14)16(7-2-1-3-8-16)12-23-15(24)17(22)9-10-17/h4-6,11H,1-3,7-10,12,22H2,(H,23,24). The first-order chi connectivity index (χ1) is 11.3. The molecule has 0 aromatic heterocycles. The van der Waals surface area contributed by atoms with Crippen molar-refractivity contribution in [1.29, 1.82) is 0 Å². The molecule has 1 amide bonds. The summed E-state index contributed by atoms with van der Waals surface area (Å²) in [5.74, 6) is -0.181. The Morgan fingerprint density at radius 3 is 2.38 bits per heavy atom. The van der Waals surface area contributed by atoms with E-state index in [0.29, 0.717) is 24.9 Å². The maximum atomic E-state index is 13.1. The number of carbonyl (C=O) groups is 1. The average molecular weight is 340 g/mol. The van der Waals surface area contributed by atoms with Crippen molar-refractivity contribution in [3.05, 3.63) is 35.4 Å². The van der Waals surface area contributed by atoms with Gasteiger partial charge in [-0.1, -0.05) is 37.5 Å². The van der Waals surface area contributed by atoms with Crippen LogP contribution in [0.25, 0.3) is 0 Å². The van der Waals surface area contributed by atoms with Crippen LogP contribution in [0.1, 0.15) is 56.1 Å². The fourth-order valence-electron chi connectivity index (χ4n) is 3.61. The van der Waals surface area contributed by atoms with Crippen molar-refractivity contribution in [2.24, 2.45) is 5.73 Å². The van der Waals surface area contributed by atoms with Crippen molar-refractivity contribution in [2.75, 3.05) is 6.54 Å². The largest absolute Gasteiger partial charge is 0.416 e. The number of carbonyl (C=O) groups excluding carboxylic acids is 1. The number of alkyl halides is 3. The second-order valence-electron chi connectivity index (χ2n) is 7.26. The molecule has 24 heavy (non-hydrogen) atoms. The van der Waals surface area contributed by atoms with E-state index in [9.17, 15) is 18.0 Å². The van der Waals surface area contributed by atoms with Gasteiger partial charge in [-0.3, -0.25) is 4.79 Å². The Labute approximate surface area is 139 Å². The number of hydrogen-bond acceptors (Lipinski definition) is 2. The number of benzene rings is 1. The fraction of sp³-hybridized carbons (Fsp3) is 0.611. The molecule has 2 saturated carbocycles. The Morgan fingerprint density at radius 2 is 1.79 bits per heavy atom. The van der Waals surface area contributed by atoms with Crippen molar-refractivity contribution in [3.63, 3.8) is 0 Å². The molecule has 0 spiro atoms. The zero-order valence-corrected chi connectivity index (χ0v) is 13.6. The Balaban J connectivity index is 1.84. The van der Waals surface area contributed by atoms with Crippen LogP contribution in [-0.2, 0) is 16.4 Å². The minimum Gasteiger partial charge on any atom is -0.354 e. The van der Waals surface area contributed by atoms with Crippen molar-refractivity contribution in [3.8, 4) is 0 Å². The molecule has 0 bridgehead atoms. The van der Waals surface area contributed by atoms with Gasteiger partial charge in [0.25, 0.3) is 0 Å². The minimum absolute atomic E-state index is 0.181. The van der Waals surface area contributed by atoms with Crippen LogP contribution >= 0.6 is 0 Å². The third kappa shape index (κ3) is 3.43. The summed E-state index contributed by atoms with van der Waals surface area (Å²) in [6.45, 7) is 0.353. The van der Waals surface area contributed by atoms with Crippen LogP contribution in [0.3, 0.4) is 0 Å². The van der Waals surface area contributed by atoms with E-state index in [1.54, 1.807) is 6.07 Å². The summed E-state index contributed by atoms with van der Waals surface area (Å²) in [4.78, 5) is 12.2. The summed E-state index contributed by atoms with van der Waals surface area (Å²) in [7, 11) is 0. The molecule has 0 atom stereocenters. The Morgan fingerprint density at radius 1 is 1.12 bits per heavy atom. The van der Waals surface area contributed by atoms with E-state index in [1.165, 1.54) is 12.1 Å². The van der Waals surface area contributed by atoms with Crippen LogP contribution in [0.5, 0.6) is 0 Å². The molecule has 2 aliphatic rings. The molecule has 0 unspecified atom stereocenters. The van der Waals surface area contributed by atoms with Gasteiger partial charge in [0.2, 0.25) is 5.91 Å². The van der Waals surface area contributed by atoms with Gasteiger partial charge >= 0.3 is 6.18 Å². The van der Waals surface area contributed by atoms with Gasteiger partial charge in [-0.2, -0.15) is 13.2 Å². The third-order valence-electron chi connectivity index (χ3n) is 5.44. The number of nitrogens with two attached hydrogens (primary N) is 1. The number of halogens is 3. The van der Waals surface area contributed by atoms with Crippen LogP contribution < -0.4 is 11.1 Å². The van der Waals surface area contributed by atoms with Gasteiger partial charge in [-0.15, -0.1) is 0 Å². The highest BCUT2D eigenvalue weighted by Gasteiger charge is 2.47. The molecule has 2 aliphatic carbocycles. The summed E-state index contributed by atoms with van der Waals surface area (Å²) in [5, 5.41) is 2.91. The van der Waals surface area contributed by atoms with Crippen LogP contribution in [0, 0.1) is 0 Å². The first-order valence-corrected chi connectivity index (χ1v) is 8.50. The van der Waals surface area contributed by atoms with Gasteiger partial charge < -0.3 is 11.1 Å². The summed E-state index contributed by atoms with van der Waals surface area (Å²) >= 11 is 0. The lowest BCUT2D eigenvalue weighted by Crippen LogP contribution is -2.49. The highest BCUT2D eigenvalue weighted by atomic mass is 19.4. The van der Waals surface area contributed by atoms with E-state index < -0.39 is 22.7 Å². The summed E-state index contributed by atoms with van der Waals surface area (Å²) < 4.78 is 39.2. The van der Waals surface area contributed by atoms with Gasteiger partial charge in [0.1, 0.15) is 0 Å². The molecule has 132 valence electrons. The van der Waals surface area contributed by atoms with E-state index in [2.05, 4.69) is 5.32 Å². The van der Waals surface area contributed by atoms with E-state index in [1.807, 2.05) is 0 Å². The molecule has 6 heteroatoms. The number of amides is 1. The van der Waals surface area contributed by atoms with Gasteiger partial charge in [-0.25, -0.2) is 0 Å². The van der Waals surface area contributed by atoms with Crippen molar-refractivity contribution < 1.29 is 18.0 Å². The molecule has 3 N–H and O–H groups in total. The smallest absolute Gasteiger partial charge is 0.354 e. The molecular formula is C18H23F3N2O. The van der Waals surface area contributed by atoms with Gasteiger partial charge in [0, 0.05) is 12.0 Å². The summed E-state index contributed by atoms with van der Waals surface area (Å²) in [5.41, 5.74) is 4.75. The average Bonchev–Trinajstić information content (AvgIpc) is 3.32. The Kier molecular flexibility index (Phi) is 4.36. The summed E-state index contributed by atoms with van der Waals surface area (Å²) in [6, 6.07) is 5.55. The first kappa shape index (κ1) is 17.3. The highest BCUT2D eigenvalue weighted by molar-refractivity contribution is 5.89. The second kappa shape index (κ2) is 6.06. The lowest BCUT2D eigenvalue weighted by atomic mass is 9.69.